The fraction of sp³-hybridized carbons (Fsp3) is 0.565. The van der Waals surface area contributed by atoms with Gasteiger partial charge < -0.3 is 18.9 Å². The molecule has 1 aromatic rings. The largest absolute Gasteiger partial charge is 0.501 e. The van der Waals surface area contributed by atoms with Crippen LogP contribution in [0.1, 0.15) is 58.1 Å². The minimum atomic E-state index is 0.543. The standard InChI is InChI=1S/C23H36O4/c1-5-7-13-24-14-15-25-16-17-27-19-21(4)23-10-8-22(9-11-23)20(3)18-26-12-6-2/h8-11,18-19H,5-7,12-17H2,1-4H3/b20-18+,21-19+. The Morgan fingerprint density at radius 3 is 1.67 bits per heavy atom. The van der Waals surface area contributed by atoms with Crippen molar-refractivity contribution in [3.63, 3.8) is 0 Å². The van der Waals surface area contributed by atoms with Crippen molar-refractivity contribution in [2.75, 3.05) is 39.6 Å². The van der Waals surface area contributed by atoms with Gasteiger partial charge >= 0.3 is 0 Å². The first kappa shape index (κ1) is 23.3. The van der Waals surface area contributed by atoms with E-state index in [2.05, 4.69) is 45.0 Å². The van der Waals surface area contributed by atoms with Crippen LogP contribution < -0.4 is 0 Å². The molecule has 4 nitrogen and oxygen atoms in total. The number of hydrogen-bond acceptors (Lipinski definition) is 4. The molecule has 1 aromatic carbocycles. The topological polar surface area (TPSA) is 36.9 Å². The summed E-state index contributed by atoms with van der Waals surface area (Å²) in [4.78, 5) is 0. The minimum absolute atomic E-state index is 0.543. The highest BCUT2D eigenvalue weighted by Crippen LogP contribution is 2.19. The lowest BCUT2D eigenvalue weighted by molar-refractivity contribution is 0.0300. The molecule has 0 heterocycles. The van der Waals surface area contributed by atoms with Crippen LogP contribution in [0.25, 0.3) is 11.1 Å². The maximum atomic E-state index is 5.58. The molecule has 0 aliphatic rings. The van der Waals surface area contributed by atoms with E-state index in [0.29, 0.717) is 26.4 Å². The van der Waals surface area contributed by atoms with Crippen LogP contribution in [-0.4, -0.2) is 39.6 Å². The quantitative estimate of drug-likeness (QED) is 0.291. The summed E-state index contributed by atoms with van der Waals surface area (Å²) in [5, 5.41) is 0. The van der Waals surface area contributed by atoms with E-state index < -0.39 is 0 Å². The van der Waals surface area contributed by atoms with Crippen LogP contribution in [0, 0.1) is 0 Å². The molecule has 0 spiro atoms. The summed E-state index contributed by atoms with van der Waals surface area (Å²) >= 11 is 0. The van der Waals surface area contributed by atoms with Crippen molar-refractivity contribution in [1.82, 2.24) is 0 Å². The van der Waals surface area contributed by atoms with Crippen molar-refractivity contribution in [2.24, 2.45) is 0 Å². The van der Waals surface area contributed by atoms with Crippen LogP contribution in [0.3, 0.4) is 0 Å². The second-order valence-corrected chi connectivity index (χ2v) is 6.50. The summed E-state index contributed by atoms with van der Waals surface area (Å²) < 4.78 is 22.0. The molecule has 27 heavy (non-hydrogen) atoms. The number of unbranched alkanes of at least 4 members (excludes halogenated alkanes) is 1. The van der Waals surface area contributed by atoms with E-state index in [1.807, 2.05) is 13.2 Å². The van der Waals surface area contributed by atoms with E-state index in [1.165, 1.54) is 0 Å². The average Bonchev–Trinajstić information content (AvgIpc) is 2.69. The van der Waals surface area contributed by atoms with Crippen molar-refractivity contribution in [1.29, 1.82) is 0 Å². The molecule has 152 valence electrons. The number of hydrogen-bond donors (Lipinski definition) is 0. The first-order chi connectivity index (χ1) is 13.2. The molecule has 0 unspecified atom stereocenters. The van der Waals surface area contributed by atoms with Crippen molar-refractivity contribution in [2.45, 2.75) is 47.0 Å². The summed E-state index contributed by atoms with van der Waals surface area (Å²) in [6, 6.07) is 8.42. The highest BCUT2D eigenvalue weighted by Gasteiger charge is 2.00. The third kappa shape index (κ3) is 10.8. The number of rotatable bonds is 15. The average molecular weight is 377 g/mol. The van der Waals surface area contributed by atoms with Crippen LogP contribution in [0.15, 0.2) is 36.8 Å². The molecule has 0 fully saturated rings. The van der Waals surface area contributed by atoms with E-state index in [0.717, 1.165) is 54.7 Å². The minimum Gasteiger partial charge on any atom is -0.501 e. The monoisotopic (exact) mass is 376 g/mol. The Morgan fingerprint density at radius 2 is 1.15 bits per heavy atom. The van der Waals surface area contributed by atoms with Crippen LogP contribution >= 0.6 is 0 Å². The van der Waals surface area contributed by atoms with Gasteiger partial charge in [0.05, 0.1) is 39.0 Å². The fourth-order valence-electron chi connectivity index (χ4n) is 2.29. The molecular weight excluding hydrogens is 340 g/mol. The highest BCUT2D eigenvalue weighted by atomic mass is 16.5. The molecule has 0 aliphatic heterocycles. The van der Waals surface area contributed by atoms with Crippen molar-refractivity contribution < 1.29 is 18.9 Å². The lowest BCUT2D eigenvalue weighted by Crippen LogP contribution is -2.08. The summed E-state index contributed by atoms with van der Waals surface area (Å²) in [5.74, 6) is 0. The molecule has 0 bridgehead atoms. The molecule has 0 amide bonds. The van der Waals surface area contributed by atoms with Gasteiger partial charge in [0.25, 0.3) is 0 Å². The van der Waals surface area contributed by atoms with Gasteiger partial charge in [-0.25, -0.2) is 0 Å². The molecule has 1 rings (SSSR count). The molecular formula is C23H36O4. The fourth-order valence-corrected chi connectivity index (χ4v) is 2.29. The zero-order valence-electron chi connectivity index (χ0n) is 17.5. The molecule has 4 heteroatoms. The van der Waals surface area contributed by atoms with Gasteiger partial charge in [0, 0.05) is 6.61 Å². The predicted molar refractivity (Wildman–Crippen MR) is 112 cm³/mol. The zero-order valence-corrected chi connectivity index (χ0v) is 17.5. The summed E-state index contributed by atoms with van der Waals surface area (Å²) in [6.07, 6.45) is 6.91. The molecule has 0 saturated carbocycles. The second kappa shape index (κ2) is 15.3. The predicted octanol–water partition coefficient (Wildman–Crippen LogP) is 5.68. The van der Waals surface area contributed by atoms with Crippen molar-refractivity contribution in [3.05, 3.63) is 47.9 Å². The lowest BCUT2D eigenvalue weighted by atomic mass is 10.0. The van der Waals surface area contributed by atoms with Gasteiger partial charge in [-0.1, -0.05) is 44.5 Å². The second-order valence-electron chi connectivity index (χ2n) is 6.50. The smallest absolute Gasteiger partial charge is 0.111 e. The molecule has 0 saturated heterocycles. The van der Waals surface area contributed by atoms with E-state index in [9.17, 15) is 0 Å². The van der Waals surface area contributed by atoms with Gasteiger partial charge in [-0.05, 0) is 49.0 Å². The Bertz CT molecular complexity index is 546. The van der Waals surface area contributed by atoms with Crippen molar-refractivity contribution in [3.8, 4) is 0 Å². The summed E-state index contributed by atoms with van der Waals surface area (Å²) in [5.41, 5.74) is 4.53. The lowest BCUT2D eigenvalue weighted by Gasteiger charge is -2.08. The number of allylic oxidation sites excluding steroid dienone is 2. The van der Waals surface area contributed by atoms with Crippen LogP contribution in [0.4, 0.5) is 0 Å². The third-order valence-electron chi connectivity index (χ3n) is 4.00. The number of benzene rings is 1. The summed E-state index contributed by atoms with van der Waals surface area (Å²) in [7, 11) is 0. The Hall–Kier alpha value is -1.78. The first-order valence-electron chi connectivity index (χ1n) is 10.0. The van der Waals surface area contributed by atoms with E-state index in [4.69, 9.17) is 18.9 Å². The van der Waals surface area contributed by atoms with Gasteiger partial charge in [0.1, 0.15) is 6.61 Å². The molecule has 0 atom stereocenters. The number of ether oxygens (including phenoxy) is 4. The Balaban J connectivity index is 2.27. The maximum Gasteiger partial charge on any atom is 0.111 e. The van der Waals surface area contributed by atoms with Gasteiger partial charge in [0.15, 0.2) is 0 Å². The van der Waals surface area contributed by atoms with Crippen LogP contribution in [0.5, 0.6) is 0 Å². The Kier molecular flexibility index (Phi) is 13.2. The van der Waals surface area contributed by atoms with Gasteiger partial charge in [0.2, 0.25) is 0 Å². The Labute approximate surface area is 165 Å². The van der Waals surface area contributed by atoms with E-state index in [-0.39, 0.29) is 0 Å². The van der Waals surface area contributed by atoms with E-state index >= 15 is 0 Å². The normalized spacial score (nSPS) is 12.3. The van der Waals surface area contributed by atoms with Gasteiger partial charge in [-0.2, -0.15) is 0 Å². The summed E-state index contributed by atoms with van der Waals surface area (Å²) in [6.45, 7) is 12.3. The van der Waals surface area contributed by atoms with E-state index in [1.54, 1.807) is 6.26 Å². The molecule has 0 N–H and O–H groups in total. The van der Waals surface area contributed by atoms with Crippen LogP contribution in [-0.2, 0) is 18.9 Å². The van der Waals surface area contributed by atoms with Crippen LogP contribution in [0.2, 0.25) is 0 Å². The molecule has 0 aliphatic carbocycles. The Morgan fingerprint density at radius 1 is 0.667 bits per heavy atom. The molecule has 0 aromatic heterocycles. The zero-order chi connectivity index (χ0) is 19.7. The highest BCUT2D eigenvalue weighted by molar-refractivity contribution is 5.68. The molecule has 0 radical (unpaired) electrons. The van der Waals surface area contributed by atoms with Gasteiger partial charge in [-0.3, -0.25) is 0 Å². The SMILES string of the molecule is CCCCOCCOCCO/C=C(\C)c1ccc(/C(C)=C/OCCC)cc1. The van der Waals surface area contributed by atoms with Gasteiger partial charge in [-0.15, -0.1) is 0 Å². The van der Waals surface area contributed by atoms with Crippen molar-refractivity contribution >= 4 is 11.1 Å². The first-order valence-corrected chi connectivity index (χ1v) is 10.0. The maximum absolute atomic E-state index is 5.58. The third-order valence-corrected chi connectivity index (χ3v) is 4.00.